The molecule has 69 valence electrons. The van der Waals surface area contributed by atoms with Gasteiger partial charge in [0.05, 0.1) is 0 Å². The molecule has 1 fully saturated rings. The van der Waals surface area contributed by atoms with Crippen molar-refractivity contribution in [3.63, 3.8) is 0 Å². The highest BCUT2D eigenvalue weighted by molar-refractivity contribution is 5.74. The van der Waals surface area contributed by atoms with Gasteiger partial charge in [-0.2, -0.15) is 0 Å². The van der Waals surface area contributed by atoms with Gasteiger partial charge in [0.15, 0.2) is 5.96 Å². The first-order chi connectivity index (χ1) is 5.74. The van der Waals surface area contributed by atoms with Crippen molar-refractivity contribution >= 4 is 5.96 Å². The number of rotatable bonds is 2. The summed E-state index contributed by atoms with van der Waals surface area (Å²) in [5.41, 5.74) is 5.36. The number of nitrogens with zero attached hydrogens (tertiary/aromatic N) is 2. The lowest BCUT2D eigenvalue weighted by Gasteiger charge is -2.34. The molecule has 0 aromatic carbocycles. The topological polar surface area (TPSA) is 56.4 Å². The van der Waals surface area contributed by atoms with Crippen LogP contribution in [-0.4, -0.2) is 48.5 Å². The third-order valence-corrected chi connectivity index (χ3v) is 2.19. The highest BCUT2D eigenvalue weighted by atomic mass is 15.3. The molecule has 4 nitrogen and oxygen atoms in total. The van der Waals surface area contributed by atoms with Crippen LogP contribution < -0.4 is 5.73 Å². The monoisotopic (exact) mass is 169 g/mol. The summed E-state index contributed by atoms with van der Waals surface area (Å²) in [6.45, 7) is 8.66. The number of nitrogens with two attached hydrogens (primary N) is 1. The van der Waals surface area contributed by atoms with Gasteiger partial charge in [0, 0.05) is 26.2 Å². The van der Waals surface area contributed by atoms with Gasteiger partial charge >= 0.3 is 0 Å². The molecule has 1 aliphatic rings. The molecule has 12 heavy (non-hydrogen) atoms. The number of hydrogen-bond acceptors (Lipinski definition) is 2. The fourth-order valence-electron chi connectivity index (χ4n) is 1.44. The molecular formula is C8H17N4. The molecular weight excluding hydrogens is 152 g/mol. The summed E-state index contributed by atoms with van der Waals surface area (Å²) in [7, 11) is 0. The van der Waals surface area contributed by atoms with E-state index in [-0.39, 0.29) is 5.96 Å². The predicted molar refractivity (Wildman–Crippen MR) is 49.9 cm³/mol. The molecule has 4 heteroatoms. The van der Waals surface area contributed by atoms with Crippen LogP contribution in [0.4, 0.5) is 0 Å². The van der Waals surface area contributed by atoms with Crippen molar-refractivity contribution in [1.29, 1.82) is 5.41 Å². The fourth-order valence-corrected chi connectivity index (χ4v) is 1.44. The normalized spacial score (nSPS) is 19.6. The first-order valence-corrected chi connectivity index (χ1v) is 4.34. The largest absolute Gasteiger partial charge is 0.370 e. The lowest BCUT2D eigenvalue weighted by molar-refractivity contribution is 0.183. The third kappa shape index (κ3) is 2.37. The van der Waals surface area contributed by atoms with Crippen molar-refractivity contribution in [2.75, 3.05) is 32.7 Å². The zero-order valence-corrected chi connectivity index (χ0v) is 7.42. The maximum atomic E-state index is 7.23. The molecule has 1 radical (unpaired) electrons. The molecule has 0 aromatic heterocycles. The van der Waals surface area contributed by atoms with E-state index in [9.17, 15) is 0 Å². The molecule has 0 aromatic rings. The summed E-state index contributed by atoms with van der Waals surface area (Å²) in [5.74, 6) is 0.198. The predicted octanol–water partition coefficient (Wildman–Crippen LogP) is -0.278. The maximum absolute atomic E-state index is 7.23. The Morgan fingerprint density at radius 3 is 2.33 bits per heavy atom. The first-order valence-electron chi connectivity index (χ1n) is 4.34. The van der Waals surface area contributed by atoms with E-state index in [1.165, 1.54) is 0 Å². The van der Waals surface area contributed by atoms with E-state index in [4.69, 9.17) is 11.1 Å². The minimum atomic E-state index is 0.198. The molecule has 0 aliphatic carbocycles. The van der Waals surface area contributed by atoms with Crippen LogP contribution in [0.3, 0.4) is 0 Å². The third-order valence-electron chi connectivity index (χ3n) is 2.19. The Balaban J connectivity index is 2.25. The Labute approximate surface area is 73.8 Å². The van der Waals surface area contributed by atoms with E-state index >= 15 is 0 Å². The van der Waals surface area contributed by atoms with Crippen LogP contribution in [0, 0.1) is 12.3 Å². The van der Waals surface area contributed by atoms with Crippen LogP contribution in [0.25, 0.3) is 0 Å². The first kappa shape index (κ1) is 9.32. The zero-order chi connectivity index (χ0) is 8.97. The van der Waals surface area contributed by atoms with Gasteiger partial charge in [-0.05, 0) is 13.0 Å². The van der Waals surface area contributed by atoms with E-state index in [1.54, 1.807) is 0 Å². The fraction of sp³-hybridized carbons (Fsp3) is 0.750. The molecule has 0 amide bonds. The summed E-state index contributed by atoms with van der Waals surface area (Å²) in [4.78, 5) is 4.26. The molecule has 0 unspecified atom stereocenters. The Morgan fingerprint density at radius 2 is 1.92 bits per heavy atom. The van der Waals surface area contributed by atoms with Crippen molar-refractivity contribution in [2.45, 2.75) is 6.42 Å². The Morgan fingerprint density at radius 1 is 1.33 bits per heavy atom. The minimum absolute atomic E-state index is 0.198. The van der Waals surface area contributed by atoms with Gasteiger partial charge in [0.2, 0.25) is 0 Å². The lowest BCUT2D eigenvalue weighted by Crippen LogP contribution is -2.50. The second kappa shape index (κ2) is 4.30. The van der Waals surface area contributed by atoms with Crippen molar-refractivity contribution in [2.24, 2.45) is 5.73 Å². The number of hydrogen-bond donors (Lipinski definition) is 2. The maximum Gasteiger partial charge on any atom is 0.188 e. The van der Waals surface area contributed by atoms with Crippen molar-refractivity contribution in [3.8, 4) is 0 Å². The number of guanidine groups is 1. The molecule has 1 aliphatic heterocycles. The van der Waals surface area contributed by atoms with Gasteiger partial charge < -0.3 is 10.6 Å². The van der Waals surface area contributed by atoms with Crippen LogP contribution in [0.1, 0.15) is 6.42 Å². The average Bonchev–Trinajstić information content (AvgIpc) is 2.06. The number of nitrogens with one attached hydrogen (secondary N) is 1. The Bertz CT molecular complexity index is 149. The average molecular weight is 169 g/mol. The van der Waals surface area contributed by atoms with Crippen LogP contribution in [0.2, 0.25) is 0 Å². The van der Waals surface area contributed by atoms with Gasteiger partial charge in [-0.1, -0.05) is 6.92 Å². The van der Waals surface area contributed by atoms with Crippen molar-refractivity contribution < 1.29 is 0 Å². The second-order valence-corrected chi connectivity index (χ2v) is 3.07. The SMILES string of the molecule is [CH2]CCN1CCN(C(=N)N)CC1. The van der Waals surface area contributed by atoms with Gasteiger partial charge in [0.25, 0.3) is 0 Å². The Hall–Kier alpha value is -0.770. The minimum Gasteiger partial charge on any atom is -0.370 e. The van der Waals surface area contributed by atoms with Gasteiger partial charge in [-0.3, -0.25) is 10.3 Å². The van der Waals surface area contributed by atoms with E-state index in [1.807, 2.05) is 4.90 Å². The summed E-state index contributed by atoms with van der Waals surface area (Å²) >= 11 is 0. The molecule has 0 bridgehead atoms. The van der Waals surface area contributed by atoms with E-state index in [0.717, 1.165) is 39.1 Å². The molecule has 1 saturated heterocycles. The van der Waals surface area contributed by atoms with Gasteiger partial charge in [-0.15, -0.1) is 0 Å². The van der Waals surface area contributed by atoms with Crippen LogP contribution in [0.5, 0.6) is 0 Å². The van der Waals surface area contributed by atoms with E-state index < -0.39 is 0 Å². The molecule has 0 atom stereocenters. The van der Waals surface area contributed by atoms with E-state index in [2.05, 4.69) is 11.8 Å². The standard InChI is InChI=1S/C8H17N4/c1-2-3-11-4-6-12(7-5-11)8(9)10/h1-7H2,(H3,9,10). The zero-order valence-electron chi connectivity index (χ0n) is 7.42. The van der Waals surface area contributed by atoms with E-state index in [0.29, 0.717) is 0 Å². The number of piperazine rings is 1. The quantitative estimate of drug-likeness (QED) is 0.441. The smallest absolute Gasteiger partial charge is 0.188 e. The van der Waals surface area contributed by atoms with Gasteiger partial charge in [0.1, 0.15) is 0 Å². The van der Waals surface area contributed by atoms with Gasteiger partial charge in [-0.25, -0.2) is 0 Å². The molecule has 0 saturated carbocycles. The Kier molecular flexibility index (Phi) is 3.34. The molecule has 3 N–H and O–H groups in total. The molecule has 1 heterocycles. The lowest BCUT2D eigenvalue weighted by atomic mass is 10.3. The molecule has 1 rings (SSSR count). The summed E-state index contributed by atoms with van der Waals surface area (Å²) in [5, 5.41) is 7.23. The van der Waals surface area contributed by atoms with Crippen molar-refractivity contribution in [1.82, 2.24) is 9.80 Å². The molecule has 0 spiro atoms. The van der Waals surface area contributed by atoms with Crippen LogP contribution in [-0.2, 0) is 0 Å². The van der Waals surface area contributed by atoms with Crippen molar-refractivity contribution in [3.05, 3.63) is 6.92 Å². The summed E-state index contributed by atoms with van der Waals surface area (Å²) in [6, 6.07) is 0. The second-order valence-electron chi connectivity index (χ2n) is 3.07. The highest BCUT2D eigenvalue weighted by Gasteiger charge is 2.15. The summed E-state index contributed by atoms with van der Waals surface area (Å²) < 4.78 is 0. The highest BCUT2D eigenvalue weighted by Crippen LogP contribution is 2.00. The van der Waals surface area contributed by atoms with Crippen LogP contribution in [0.15, 0.2) is 0 Å². The summed E-state index contributed by atoms with van der Waals surface area (Å²) in [6.07, 6.45) is 0.958. The van der Waals surface area contributed by atoms with Crippen LogP contribution >= 0.6 is 0 Å².